The van der Waals surface area contributed by atoms with Gasteiger partial charge in [-0.15, -0.1) is 24.8 Å². The molecule has 3 aromatic rings. The summed E-state index contributed by atoms with van der Waals surface area (Å²) in [6.07, 6.45) is 1.65. The van der Waals surface area contributed by atoms with E-state index >= 15 is 0 Å². The minimum atomic E-state index is -1.17. The number of nitrogens with two attached hydrogens (primary N) is 1. The number of amides is 1. The third-order valence-electron chi connectivity index (χ3n) is 7.39. The van der Waals surface area contributed by atoms with E-state index in [0.717, 1.165) is 53.6 Å². The van der Waals surface area contributed by atoms with E-state index < -0.39 is 18.3 Å². The second kappa shape index (κ2) is 12.6. The highest BCUT2D eigenvalue weighted by atomic mass is 35.5. The summed E-state index contributed by atoms with van der Waals surface area (Å²) >= 11 is 0. The molecule has 0 aliphatic carbocycles. The number of likely N-dealkylation sites (tertiary alicyclic amines) is 1. The summed E-state index contributed by atoms with van der Waals surface area (Å²) in [4.78, 5) is 28.2. The number of carbonyl (C=O) groups is 2. The topological polar surface area (TPSA) is 144 Å². The first-order valence-electron chi connectivity index (χ1n) is 12.7. The van der Waals surface area contributed by atoms with Gasteiger partial charge in [0.15, 0.2) is 0 Å². The number of carboxylic acids is 1. The number of fused-ring (bicyclic) bond motifs is 2. The maximum Gasteiger partial charge on any atom is 0.312 e. The lowest BCUT2D eigenvalue weighted by Gasteiger charge is -2.32. The number of piperidine rings is 1. The van der Waals surface area contributed by atoms with Crippen molar-refractivity contribution in [1.29, 1.82) is 10.8 Å². The second-order valence-corrected chi connectivity index (χ2v) is 9.97. The van der Waals surface area contributed by atoms with Gasteiger partial charge in [-0.05, 0) is 65.6 Å². The number of hydrogen-bond donors (Lipinski definition) is 4. The standard InChI is InChI=1S/C29H31N5O4.2ClH/c1-17(30)33-10-8-23(9-11-33)38-24-6-7-25-22(14-24)15-26(34(25)27(35)16-28(36)37)19-4-2-18-3-5-20(29(31)32)13-21(18)12-19;;/h2-7,12-14,23,26,30H,8-11,15-16H2,1H3,(H3,31,32)(H,36,37);2*1H. The van der Waals surface area contributed by atoms with Crippen LogP contribution in [-0.2, 0) is 16.0 Å². The fourth-order valence-corrected chi connectivity index (χ4v) is 5.43. The molecule has 0 saturated carbocycles. The number of ether oxygens (including phenoxy) is 1. The maximum atomic E-state index is 13.1. The van der Waals surface area contributed by atoms with Crippen molar-refractivity contribution in [2.24, 2.45) is 5.73 Å². The number of nitrogen functional groups attached to an aromatic ring is 1. The summed E-state index contributed by atoms with van der Waals surface area (Å²) in [6.45, 7) is 3.38. The Bertz CT molecular complexity index is 1460. The van der Waals surface area contributed by atoms with Gasteiger partial charge in [0.2, 0.25) is 5.91 Å². The molecule has 1 unspecified atom stereocenters. The average molecular weight is 587 g/mol. The first-order chi connectivity index (χ1) is 18.2. The molecule has 2 heterocycles. The van der Waals surface area contributed by atoms with Crippen LogP contribution in [0, 0.1) is 10.8 Å². The monoisotopic (exact) mass is 585 g/mol. The highest BCUT2D eigenvalue weighted by molar-refractivity contribution is 6.05. The number of anilines is 1. The molecule has 5 rings (SSSR count). The SMILES string of the molecule is CC(=N)N1CCC(Oc2ccc3c(c2)CC(c2ccc4ccc(C(=N)N)cc4c2)N3C(=O)CC(=O)O)CC1.Cl.Cl. The minimum absolute atomic E-state index is 0. The smallest absolute Gasteiger partial charge is 0.312 e. The van der Waals surface area contributed by atoms with Gasteiger partial charge in [-0.25, -0.2) is 0 Å². The molecule has 11 heteroatoms. The Balaban J connectivity index is 0.00000220. The van der Waals surface area contributed by atoms with Gasteiger partial charge in [-0.3, -0.25) is 20.4 Å². The van der Waals surface area contributed by atoms with Gasteiger partial charge in [0.25, 0.3) is 0 Å². The van der Waals surface area contributed by atoms with Gasteiger partial charge in [-0.1, -0.05) is 24.3 Å². The van der Waals surface area contributed by atoms with Crippen LogP contribution in [0.1, 0.15) is 48.9 Å². The molecule has 5 N–H and O–H groups in total. The van der Waals surface area contributed by atoms with Gasteiger partial charge >= 0.3 is 5.97 Å². The Kier molecular flexibility index (Phi) is 9.65. The Hall–Kier alpha value is -3.82. The zero-order valence-electron chi connectivity index (χ0n) is 22.1. The Labute approximate surface area is 245 Å². The number of carbonyl (C=O) groups excluding carboxylic acids is 1. The average Bonchev–Trinajstić information content (AvgIpc) is 3.27. The molecule has 1 saturated heterocycles. The van der Waals surface area contributed by atoms with Crippen molar-refractivity contribution in [1.82, 2.24) is 4.90 Å². The van der Waals surface area contributed by atoms with E-state index in [2.05, 4.69) is 0 Å². The van der Waals surface area contributed by atoms with E-state index in [1.165, 1.54) is 0 Å². The fourth-order valence-electron chi connectivity index (χ4n) is 5.43. The largest absolute Gasteiger partial charge is 0.490 e. The predicted molar refractivity (Wildman–Crippen MR) is 161 cm³/mol. The van der Waals surface area contributed by atoms with Crippen molar-refractivity contribution in [2.45, 2.75) is 44.8 Å². The fraction of sp³-hybridized carbons (Fsp3) is 0.310. The summed E-state index contributed by atoms with van der Waals surface area (Å²) in [6, 6.07) is 16.8. The summed E-state index contributed by atoms with van der Waals surface area (Å²) in [5, 5.41) is 26.8. The lowest BCUT2D eigenvalue weighted by Crippen LogP contribution is -2.40. The molecular formula is C29H33Cl2N5O4. The van der Waals surface area contributed by atoms with E-state index in [1.54, 1.807) is 17.9 Å². The van der Waals surface area contributed by atoms with Crippen molar-refractivity contribution in [2.75, 3.05) is 18.0 Å². The van der Waals surface area contributed by atoms with E-state index in [4.69, 9.17) is 21.3 Å². The first kappa shape index (κ1) is 30.7. The molecule has 0 radical (unpaired) electrons. The molecule has 0 aromatic heterocycles. The summed E-state index contributed by atoms with van der Waals surface area (Å²) in [5.74, 6) is -0.357. The molecule has 40 heavy (non-hydrogen) atoms. The molecule has 212 valence electrons. The quantitative estimate of drug-likeness (QED) is 0.184. The number of aliphatic carboxylic acids is 1. The van der Waals surface area contributed by atoms with Gasteiger partial charge < -0.3 is 25.4 Å². The van der Waals surface area contributed by atoms with Crippen LogP contribution in [0.4, 0.5) is 5.69 Å². The third kappa shape index (κ3) is 6.32. The number of hydrogen-bond acceptors (Lipinski definition) is 5. The van der Waals surface area contributed by atoms with Crippen LogP contribution in [-0.4, -0.2) is 52.7 Å². The molecule has 0 bridgehead atoms. The molecule has 0 spiro atoms. The van der Waals surface area contributed by atoms with Crippen molar-refractivity contribution >= 4 is 64.8 Å². The Morgan fingerprint density at radius 3 is 2.35 bits per heavy atom. The molecule has 2 aliphatic heterocycles. The lowest BCUT2D eigenvalue weighted by molar-refractivity contribution is -0.140. The van der Waals surface area contributed by atoms with Crippen LogP contribution in [0.2, 0.25) is 0 Å². The maximum absolute atomic E-state index is 13.1. The highest BCUT2D eigenvalue weighted by Gasteiger charge is 2.36. The summed E-state index contributed by atoms with van der Waals surface area (Å²) in [7, 11) is 0. The Morgan fingerprint density at radius 1 is 1.00 bits per heavy atom. The van der Waals surface area contributed by atoms with Crippen LogP contribution >= 0.6 is 24.8 Å². The lowest BCUT2D eigenvalue weighted by atomic mass is 9.97. The van der Waals surface area contributed by atoms with Crippen LogP contribution in [0.25, 0.3) is 10.8 Å². The van der Waals surface area contributed by atoms with Crippen molar-refractivity contribution < 1.29 is 19.4 Å². The van der Waals surface area contributed by atoms with E-state index in [0.29, 0.717) is 23.5 Å². The zero-order chi connectivity index (χ0) is 27.0. The molecule has 3 aromatic carbocycles. The van der Waals surface area contributed by atoms with Gasteiger partial charge in [0, 0.05) is 37.2 Å². The van der Waals surface area contributed by atoms with Crippen LogP contribution < -0.4 is 15.4 Å². The number of benzene rings is 3. The zero-order valence-corrected chi connectivity index (χ0v) is 23.7. The van der Waals surface area contributed by atoms with Gasteiger partial charge in [0.1, 0.15) is 24.1 Å². The number of halogens is 2. The molecule has 1 atom stereocenters. The molecule has 1 amide bonds. The molecule has 9 nitrogen and oxygen atoms in total. The second-order valence-electron chi connectivity index (χ2n) is 9.97. The number of amidine groups is 2. The van der Waals surface area contributed by atoms with Gasteiger partial charge in [-0.2, -0.15) is 0 Å². The van der Waals surface area contributed by atoms with E-state index in [1.807, 2.05) is 53.4 Å². The van der Waals surface area contributed by atoms with Crippen LogP contribution in [0.3, 0.4) is 0 Å². The molecular weight excluding hydrogens is 553 g/mol. The predicted octanol–water partition coefficient (Wildman–Crippen LogP) is 4.91. The number of nitrogens with one attached hydrogen (secondary N) is 2. The number of nitrogens with zero attached hydrogens (tertiary/aromatic N) is 2. The normalized spacial score (nSPS) is 16.5. The molecule has 2 aliphatic rings. The van der Waals surface area contributed by atoms with Gasteiger partial charge in [0.05, 0.1) is 11.9 Å². The summed E-state index contributed by atoms with van der Waals surface area (Å²) in [5.41, 5.74) is 8.80. The van der Waals surface area contributed by atoms with E-state index in [9.17, 15) is 14.7 Å². The highest BCUT2D eigenvalue weighted by Crippen LogP contribution is 2.43. The number of carboxylic acid groups (broad SMARTS) is 1. The number of rotatable bonds is 6. The van der Waals surface area contributed by atoms with Crippen molar-refractivity contribution in [3.63, 3.8) is 0 Å². The third-order valence-corrected chi connectivity index (χ3v) is 7.39. The van der Waals surface area contributed by atoms with Crippen LogP contribution in [0.15, 0.2) is 54.6 Å². The van der Waals surface area contributed by atoms with Crippen LogP contribution in [0.5, 0.6) is 5.75 Å². The van der Waals surface area contributed by atoms with Crippen molar-refractivity contribution in [3.05, 3.63) is 71.3 Å². The minimum Gasteiger partial charge on any atom is -0.490 e. The summed E-state index contributed by atoms with van der Waals surface area (Å²) < 4.78 is 6.28. The first-order valence-corrected chi connectivity index (χ1v) is 12.7. The molecule has 1 fully saturated rings. The Morgan fingerprint density at radius 2 is 1.70 bits per heavy atom. The van der Waals surface area contributed by atoms with E-state index in [-0.39, 0.29) is 42.8 Å². The van der Waals surface area contributed by atoms with Crippen molar-refractivity contribution in [3.8, 4) is 5.75 Å².